The topological polar surface area (TPSA) is 38.0 Å². The van der Waals surface area contributed by atoms with E-state index in [9.17, 15) is 4.39 Å². The first-order chi connectivity index (χ1) is 6.74. The van der Waals surface area contributed by atoms with Crippen molar-refractivity contribution in [3.05, 3.63) is 35.1 Å². The van der Waals surface area contributed by atoms with Crippen molar-refractivity contribution < 1.29 is 4.39 Å². The van der Waals surface area contributed by atoms with Gasteiger partial charge in [0.25, 0.3) is 0 Å². The zero-order chi connectivity index (χ0) is 10.1. The maximum absolute atomic E-state index is 13.3. The minimum atomic E-state index is -0.150. The van der Waals surface area contributed by atoms with Gasteiger partial charge in [-0.2, -0.15) is 0 Å². The van der Waals surface area contributed by atoms with Crippen LogP contribution in [0.5, 0.6) is 0 Å². The monoisotopic (exact) mass is 194 g/mol. The van der Waals surface area contributed by atoms with E-state index >= 15 is 0 Å². The van der Waals surface area contributed by atoms with Crippen molar-refractivity contribution in [2.75, 3.05) is 0 Å². The Kier molecular flexibility index (Phi) is 2.52. The molecule has 2 nitrogen and oxygen atoms in total. The predicted octanol–water partition coefficient (Wildman–Crippen LogP) is 2.05. The van der Waals surface area contributed by atoms with Crippen LogP contribution in [-0.2, 0) is 0 Å². The van der Waals surface area contributed by atoms with Crippen LogP contribution < -0.4 is 11.3 Å². The molecule has 0 amide bonds. The van der Waals surface area contributed by atoms with E-state index in [1.807, 2.05) is 6.07 Å². The second-order valence-corrected chi connectivity index (χ2v) is 3.94. The smallest absolute Gasteiger partial charge is 0.126 e. The van der Waals surface area contributed by atoms with Crippen LogP contribution in [0.4, 0.5) is 4.39 Å². The highest BCUT2D eigenvalue weighted by Crippen LogP contribution is 2.41. The van der Waals surface area contributed by atoms with Crippen molar-refractivity contribution >= 4 is 0 Å². The lowest BCUT2D eigenvalue weighted by molar-refractivity contribution is 0.489. The fourth-order valence-corrected chi connectivity index (χ4v) is 1.87. The second kappa shape index (κ2) is 3.67. The van der Waals surface area contributed by atoms with Crippen LogP contribution in [0.25, 0.3) is 0 Å². The molecule has 1 fully saturated rings. The molecule has 0 aliphatic heterocycles. The lowest BCUT2D eigenvalue weighted by Crippen LogP contribution is -2.30. The Balaban J connectivity index is 2.33. The molecule has 3 N–H and O–H groups in total. The van der Waals surface area contributed by atoms with E-state index in [0.29, 0.717) is 11.5 Å². The number of hydrogen-bond acceptors (Lipinski definition) is 2. The number of hydrazine groups is 1. The number of hydrogen-bond donors (Lipinski definition) is 2. The quantitative estimate of drug-likeness (QED) is 0.571. The molecule has 0 spiro atoms. The van der Waals surface area contributed by atoms with E-state index in [1.165, 1.54) is 18.9 Å². The number of benzene rings is 1. The third kappa shape index (κ3) is 1.65. The van der Waals surface area contributed by atoms with Crippen LogP contribution in [0.2, 0.25) is 0 Å². The number of nitrogens with one attached hydrogen (secondary N) is 1. The first-order valence-corrected chi connectivity index (χ1v) is 4.95. The predicted molar refractivity (Wildman–Crippen MR) is 53.9 cm³/mol. The molecule has 0 saturated heterocycles. The lowest BCUT2D eigenvalue weighted by Gasteiger charge is -2.17. The fourth-order valence-electron chi connectivity index (χ4n) is 1.87. The van der Waals surface area contributed by atoms with Crippen LogP contribution in [0.1, 0.15) is 30.0 Å². The Bertz CT molecular complexity index is 334. The highest BCUT2D eigenvalue weighted by atomic mass is 19.1. The molecular weight excluding hydrogens is 179 g/mol. The summed E-state index contributed by atoms with van der Waals surface area (Å²) >= 11 is 0. The standard InChI is InChI=1S/C11H15FN2/c1-7-9(3-2-4-10(7)12)11(14-13)8-5-6-8/h2-4,8,11,14H,5-6,13H2,1H3. The molecular formula is C11H15FN2. The lowest BCUT2D eigenvalue weighted by atomic mass is 9.98. The maximum atomic E-state index is 13.3. The Morgan fingerprint density at radius 2 is 2.21 bits per heavy atom. The van der Waals surface area contributed by atoms with E-state index in [-0.39, 0.29) is 11.9 Å². The van der Waals surface area contributed by atoms with Crippen LogP contribution >= 0.6 is 0 Å². The molecule has 14 heavy (non-hydrogen) atoms. The van der Waals surface area contributed by atoms with E-state index in [0.717, 1.165) is 5.56 Å². The normalized spacial score (nSPS) is 18.2. The zero-order valence-electron chi connectivity index (χ0n) is 8.26. The highest BCUT2D eigenvalue weighted by Gasteiger charge is 2.32. The third-order valence-electron chi connectivity index (χ3n) is 2.92. The van der Waals surface area contributed by atoms with Gasteiger partial charge in [0.1, 0.15) is 5.82 Å². The van der Waals surface area contributed by atoms with Gasteiger partial charge in [-0.1, -0.05) is 12.1 Å². The van der Waals surface area contributed by atoms with Crippen LogP contribution in [0.15, 0.2) is 18.2 Å². The fraction of sp³-hybridized carbons (Fsp3) is 0.455. The summed E-state index contributed by atoms with van der Waals surface area (Å²) in [6.45, 7) is 1.80. The van der Waals surface area contributed by atoms with Gasteiger partial charge in [0, 0.05) is 6.04 Å². The molecule has 2 rings (SSSR count). The number of halogens is 1. The Labute approximate surface area is 83.3 Å². The van der Waals surface area contributed by atoms with Crippen LogP contribution in [-0.4, -0.2) is 0 Å². The Morgan fingerprint density at radius 3 is 2.79 bits per heavy atom. The summed E-state index contributed by atoms with van der Waals surface area (Å²) in [4.78, 5) is 0. The van der Waals surface area contributed by atoms with Gasteiger partial charge in [0.2, 0.25) is 0 Å². The molecule has 1 aliphatic carbocycles. The van der Waals surface area contributed by atoms with Crippen LogP contribution in [0, 0.1) is 18.7 Å². The molecule has 1 saturated carbocycles. The van der Waals surface area contributed by atoms with E-state index in [4.69, 9.17) is 5.84 Å². The van der Waals surface area contributed by atoms with E-state index in [2.05, 4.69) is 5.43 Å². The molecule has 0 heterocycles. The van der Waals surface area contributed by atoms with Crippen molar-refractivity contribution in [3.63, 3.8) is 0 Å². The Morgan fingerprint density at radius 1 is 1.50 bits per heavy atom. The average molecular weight is 194 g/mol. The summed E-state index contributed by atoms with van der Waals surface area (Å²) in [5, 5.41) is 0. The maximum Gasteiger partial charge on any atom is 0.126 e. The molecule has 0 radical (unpaired) electrons. The molecule has 0 bridgehead atoms. The summed E-state index contributed by atoms with van der Waals surface area (Å²) in [7, 11) is 0. The molecule has 76 valence electrons. The third-order valence-corrected chi connectivity index (χ3v) is 2.92. The summed E-state index contributed by atoms with van der Waals surface area (Å²) in [5.41, 5.74) is 4.49. The van der Waals surface area contributed by atoms with E-state index < -0.39 is 0 Å². The van der Waals surface area contributed by atoms with Crippen molar-refractivity contribution in [2.45, 2.75) is 25.8 Å². The average Bonchev–Trinajstić information content (AvgIpc) is 2.97. The first kappa shape index (κ1) is 9.62. The minimum Gasteiger partial charge on any atom is -0.271 e. The molecule has 1 aromatic carbocycles. The van der Waals surface area contributed by atoms with Crippen molar-refractivity contribution in [2.24, 2.45) is 11.8 Å². The molecule has 1 aliphatic rings. The molecule has 1 unspecified atom stereocenters. The van der Waals surface area contributed by atoms with Gasteiger partial charge in [-0.05, 0) is 42.9 Å². The first-order valence-electron chi connectivity index (χ1n) is 4.95. The van der Waals surface area contributed by atoms with Gasteiger partial charge in [0.05, 0.1) is 0 Å². The van der Waals surface area contributed by atoms with Gasteiger partial charge in [-0.25, -0.2) is 4.39 Å². The molecule has 3 heteroatoms. The molecule has 1 aromatic rings. The highest BCUT2D eigenvalue weighted by molar-refractivity contribution is 5.31. The number of nitrogens with two attached hydrogens (primary N) is 1. The van der Waals surface area contributed by atoms with Crippen molar-refractivity contribution in [1.82, 2.24) is 5.43 Å². The molecule has 1 atom stereocenters. The zero-order valence-corrected chi connectivity index (χ0v) is 8.26. The van der Waals surface area contributed by atoms with Gasteiger partial charge >= 0.3 is 0 Å². The van der Waals surface area contributed by atoms with Crippen molar-refractivity contribution in [1.29, 1.82) is 0 Å². The van der Waals surface area contributed by atoms with Crippen molar-refractivity contribution in [3.8, 4) is 0 Å². The summed E-state index contributed by atoms with van der Waals surface area (Å²) in [5.74, 6) is 5.93. The number of rotatable bonds is 3. The van der Waals surface area contributed by atoms with Gasteiger partial charge in [0.15, 0.2) is 0 Å². The SMILES string of the molecule is Cc1c(F)cccc1C(NN)C1CC1. The van der Waals surface area contributed by atoms with Gasteiger partial charge in [-0.15, -0.1) is 0 Å². The van der Waals surface area contributed by atoms with E-state index in [1.54, 1.807) is 13.0 Å². The largest absolute Gasteiger partial charge is 0.271 e. The minimum absolute atomic E-state index is 0.116. The summed E-state index contributed by atoms with van der Waals surface area (Å²) in [6, 6.07) is 5.29. The summed E-state index contributed by atoms with van der Waals surface area (Å²) < 4.78 is 13.3. The van der Waals surface area contributed by atoms with Gasteiger partial charge < -0.3 is 0 Å². The molecule has 0 aromatic heterocycles. The summed E-state index contributed by atoms with van der Waals surface area (Å²) in [6.07, 6.45) is 2.37. The Hall–Kier alpha value is -0.930. The van der Waals surface area contributed by atoms with Crippen LogP contribution in [0.3, 0.4) is 0 Å². The van der Waals surface area contributed by atoms with Gasteiger partial charge in [-0.3, -0.25) is 11.3 Å². The second-order valence-electron chi connectivity index (χ2n) is 3.94.